The number of thiophene rings is 1. The highest BCUT2D eigenvalue weighted by molar-refractivity contribution is 7.25. The Kier molecular flexibility index (Phi) is 7.84. The summed E-state index contributed by atoms with van der Waals surface area (Å²) in [7, 11) is 0. The summed E-state index contributed by atoms with van der Waals surface area (Å²) in [5.74, 6) is 1.75. The number of aromatic nitrogens is 3. The number of benzene rings is 9. The van der Waals surface area contributed by atoms with Crippen molar-refractivity contribution in [3.8, 4) is 67.5 Å². The van der Waals surface area contributed by atoms with Crippen molar-refractivity contribution in [2.75, 3.05) is 0 Å². The molecular formula is C60H37N3O2S. The van der Waals surface area contributed by atoms with E-state index in [4.69, 9.17) is 23.8 Å². The van der Waals surface area contributed by atoms with Crippen LogP contribution in [-0.2, 0) is 5.41 Å². The maximum atomic E-state index is 6.60. The Morgan fingerprint density at radius 3 is 1.56 bits per heavy atom. The Bertz CT molecular complexity index is 4020. The third-order valence-electron chi connectivity index (χ3n) is 13.8. The van der Waals surface area contributed by atoms with Crippen molar-refractivity contribution in [1.82, 2.24) is 15.0 Å². The van der Waals surface area contributed by atoms with Gasteiger partial charge in [0.25, 0.3) is 0 Å². The van der Waals surface area contributed by atoms with E-state index >= 15 is 0 Å². The van der Waals surface area contributed by atoms with Crippen LogP contribution in [0.25, 0.3) is 132 Å². The Hall–Kier alpha value is -8.19. The monoisotopic (exact) mass is 863 g/mol. The SMILES string of the molecule is CC1(C)c2ccccc2-c2ccc(-c3ccc(-c4ccc5oc6cccc(-c7nc(-c8cccc9oc%10ccccc%10c89)nc(-c8cccc9sc%10ccccc%10c89)n7)c6c5c4)cc3)cc21. The van der Waals surface area contributed by atoms with Crippen LogP contribution < -0.4 is 0 Å². The molecule has 0 bridgehead atoms. The summed E-state index contributed by atoms with van der Waals surface area (Å²) >= 11 is 1.79. The Morgan fingerprint density at radius 1 is 0.348 bits per heavy atom. The van der Waals surface area contributed by atoms with Crippen LogP contribution in [-0.4, -0.2) is 15.0 Å². The van der Waals surface area contributed by atoms with Crippen molar-refractivity contribution < 1.29 is 8.83 Å². The van der Waals surface area contributed by atoms with Crippen LogP contribution in [0.4, 0.5) is 0 Å². The zero-order chi connectivity index (χ0) is 43.7. The van der Waals surface area contributed by atoms with Crippen LogP contribution in [0.2, 0.25) is 0 Å². The second-order valence-corrected chi connectivity index (χ2v) is 18.9. The average Bonchev–Trinajstić information content (AvgIpc) is 4.11. The van der Waals surface area contributed by atoms with Gasteiger partial charge in [0.1, 0.15) is 22.3 Å². The van der Waals surface area contributed by atoms with Crippen LogP contribution in [0.15, 0.2) is 197 Å². The second kappa shape index (κ2) is 13.9. The first-order chi connectivity index (χ1) is 32.4. The van der Waals surface area contributed by atoms with E-state index in [1.165, 1.54) is 48.2 Å². The third-order valence-corrected chi connectivity index (χ3v) is 14.9. The molecule has 5 nitrogen and oxygen atoms in total. The molecule has 0 amide bonds. The van der Waals surface area contributed by atoms with Gasteiger partial charge in [-0.25, -0.2) is 15.0 Å². The molecule has 0 aliphatic heterocycles. The predicted octanol–water partition coefficient (Wildman–Crippen LogP) is 16.7. The van der Waals surface area contributed by atoms with Gasteiger partial charge in [-0.1, -0.05) is 153 Å². The van der Waals surface area contributed by atoms with Crippen LogP contribution in [0.3, 0.4) is 0 Å². The average molecular weight is 864 g/mol. The molecule has 0 unspecified atom stereocenters. The molecule has 0 radical (unpaired) electrons. The molecule has 0 N–H and O–H groups in total. The molecule has 310 valence electrons. The van der Waals surface area contributed by atoms with Gasteiger partial charge < -0.3 is 8.83 Å². The van der Waals surface area contributed by atoms with Gasteiger partial charge in [-0.05, 0) is 93.0 Å². The van der Waals surface area contributed by atoms with Crippen LogP contribution in [0.1, 0.15) is 25.0 Å². The van der Waals surface area contributed by atoms with E-state index in [9.17, 15) is 0 Å². The van der Waals surface area contributed by atoms with Gasteiger partial charge in [-0.3, -0.25) is 0 Å². The summed E-state index contributed by atoms with van der Waals surface area (Å²) in [5.41, 5.74) is 15.9. The van der Waals surface area contributed by atoms with Gasteiger partial charge in [0.05, 0.1) is 0 Å². The molecule has 4 aromatic heterocycles. The second-order valence-electron chi connectivity index (χ2n) is 17.9. The lowest BCUT2D eigenvalue weighted by molar-refractivity contribution is 0.660. The molecular weight excluding hydrogens is 827 g/mol. The minimum Gasteiger partial charge on any atom is -0.456 e. The summed E-state index contributed by atoms with van der Waals surface area (Å²) in [4.78, 5) is 16.1. The first kappa shape index (κ1) is 37.2. The zero-order valence-electron chi connectivity index (χ0n) is 36.0. The minimum absolute atomic E-state index is 0.0519. The molecule has 0 saturated carbocycles. The highest BCUT2D eigenvalue weighted by Crippen LogP contribution is 2.50. The highest BCUT2D eigenvalue weighted by Gasteiger charge is 2.35. The predicted molar refractivity (Wildman–Crippen MR) is 272 cm³/mol. The summed E-state index contributed by atoms with van der Waals surface area (Å²) in [5, 5.41) is 6.28. The smallest absolute Gasteiger partial charge is 0.164 e. The van der Waals surface area contributed by atoms with Gasteiger partial charge in [0, 0.05) is 63.8 Å². The summed E-state index contributed by atoms with van der Waals surface area (Å²) in [6, 6.07) is 66.6. The van der Waals surface area contributed by atoms with E-state index in [2.05, 4.69) is 159 Å². The van der Waals surface area contributed by atoms with Gasteiger partial charge in [0.2, 0.25) is 0 Å². The standard InChI is InChI=1S/C60H37N3O2S/c1-60(2)46-18-6-3-12-38(46)39-30-28-37(33-47(39)60)35-26-24-34(25-27-35)36-29-31-49-45(32-36)55-43(16-10-21-51(55)65-49)58-61-57(42-15-9-20-50-54(42)40-13-4-7-19-48(40)64-50)62-59(63-58)44-17-11-23-53-56(44)41-14-5-8-22-52(41)66-53/h3-33H,1-2H3. The number of hydrogen-bond donors (Lipinski definition) is 0. The maximum absolute atomic E-state index is 6.60. The van der Waals surface area contributed by atoms with Crippen LogP contribution in [0.5, 0.6) is 0 Å². The minimum atomic E-state index is -0.0519. The van der Waals surface area contributed by atoms with Gasteiger partial charge >= 0.3 is 0 Å². The van der Waals surface area contributed by atoms with Crippen LogP contribution >= 0.6 is 11.3 Å². The summed E-state index contributed by atoms with van der Waals surface area (Å²) in [6.45, 7) is 4.67. The molecule has 1 aliphatic carbocycles. The number of fused-ring (bicyclic) bond motifs is 12. The first-order valence-corrected chi connectivity index (χ1v) is 23.1. The fourth-order valence-electron chi connectivity index (χ4n) is 10.6. The number of nitrogens with zero attached hydrogens (tertiary/aromatic N) is 3. The van der Waals surface area contributed by atoms with Crippen molar-refractivity contribution in [2.45, 2.75) is 19.3 Å². The number of furan rings is 2. The highest BCUT2D eigenvalue weighted by atomic mass is 32.1. The molecule has 0 saturated heterocycles. The van der Waals surface area contributed by atoms with Crippen molar-refractivity contribution in [3.63, 3.8) is 0 Å². The molecule has 0 atom stereocenters. The van der Waals surface area contributed by atoms with E-state index in [0.29, 0.717) is 17.5 Å². The number of hydrogen-bond acceptors (Lipinski definition) is 6. The Labute approximate surface area is 383 Å². The van der Waals surface area contributed by atoms with Crippen molar-refractivity contribution in [1.29, 1.82) is 0 Å². The van der Waals surface area contributed by atoms with E-state index in [1.54, 1.807) is 11.3 Å². The summed E-state index contributed by atoms with van der Waals surface area (Å²) < 4.78 is 15.4. The Morgan fingerprint density at radius 2 is 0.833 bits per heavy atom. The summed E-state index contributed by atoms with van der Waals surface area (Å²) in [6.07, 6.45) is 0. The molecule has 1 aliphatic rings. The van der Waals surface area contributed by atoms with E-state index in [0.717, 1.165) is 77.1 Å². The topological polar surface area (TPSA) is 65.0 Å². The molecule has 6 heteroatoms. The quantitative estimate of drug-likeness (QED) is 0.172. The maximum Gasteiger partial charge on any atom is 0.164 e. The largest absolute Gasteiger partial charge is 0.456 e. The van der Waals surface area contributed by atoms with Gasteiger partial charge in [-0.2, -0.15) is 0 Å². The molecule has 13 aromatic rings. The van der Waals surface area contributed by atoms with Gasteiger partial charge in [-0.15, -0.1) is 11.3 Å². The number of para-hydroxylation sites is 1. The fraction of sp³-hybridized carbons (Fsp3) is 0.0500. The molecule has 4 heterocycles. The lowest BCUT2D eigenvalue weighted by Crippen LogP contribution is -2.14. The normalized spacial score (nSPS) is 13.1. The number of rotatable bonds is 5. The van der Waals surface area contributed by atoms with Gasteiger partial charge in [0.15, 0.2) is 17.5 Å². The van der Waals surface area contributed by atoms with Crippen LogP contribution in [0, 0.1) is 0 Å². The lowest BCUT2D eigenvalue weighted by atomic mass is 9.81. The molecule has 9 aromatic carbocycles. The molecule has 66 heavy (non-hydrogen) atoms. The van der Waals surface area contributed by atoms with Crippen molar-refractivity contribution >= 4 is 75.4 Å². The van der Waals surface area contributed by atoms with E-state index in [1.807, 2.05) is 42.5 Å². The van der Waals surface area contributed by atoms with E-state index in [-0.39, 0.29) is 5.41 Å². The molecule has 0 fully saturated rings. The lowest BCUT2D eigenvalue weighted by Gasteiger charge is -2.22. The zero-order valence-corrected chi connectivity index (χ0v) is 36.8. The fourth-order valence-corrected chi connectivity index (χ4v) is 11.7. The van der Waals surface area contributed by atoms with Crippen molar-refractivity contribution in [2.24, 2.45) is 0 Å². The van der Waals surface area contributed by atoms with Crippen molar-refractivity contribution in [3.05, 3.63) is 199 Å². The molecule has 14 rings (SSSR count). The first-order valence-electron chi connectivity index (χ1n) is 22.3. The Balaban J connectivity index is 0.924. The molecule has 0 spiro atoms. The third kappa shape index (κ3) is 5.49. The van der Waals surface area contributed by atoms with E-state index < -0.39 is 0 Å².